The van der Waals surface area contributed by atoms with Gasteiger partial charge in [-0.25, -0.2) is 8.42 Å². The van der Waals surface area contributed by atoms with Crippen molar-refractivity contribution in [2.24, 2.45) is 5.92 Å². The van der Waals surface area contributed by atoms with E-state index in [4.69, 9.17) is 5.73 Å². The Kier molecular flexibility index (Phi) is 4.85. The maximum absolute atomic E-state index is 12.0. The van der Waals surface area contributed by atoms with Gasteiger partial charge in [-0.3, -0.25) is 4.79 Å². The maximum Gasteiger partial charge on any atom is 0.182 e. The van der Waals surface area contributed by atoms with Crippen molar-refractivity contribution in [1.82, 2.24) is 0 Å². The Bertz CT molecular complexity index is 558. The molecule has 0 aliphatic heterocycles. The van der Waals surface area contributed by atoms with Crippen LogP contribution in [0.4, 0.5) is 5.69 Å². The van der Waals surface area contributed by atoms with Gasteiger partial charge in [0, 0.05) is 5.92 Å². The predicted octanol–water partition coefficient (Wildman–Crippen LogP) is 2.68. The summed E-state index contributed by atoms with van der Waals surface area (Å²) in [5.74, 6) is -0.320. The van der Waals surface area contributed by atoms with E-state index in [1.165, 1.54) is 23.1 Å². The molecule has 1 aromatic rings. The number of ketones is 1. The Balaban J connectivity index is 3.51. The van der Waals surface area contributed by atoms with Crippen LogP contribution in [-0.2, 0) is 9.84 Å². The highest BCUT2D eigenvalue weighted by atomic mass is 32.2. The number of nitrogens with two attached hydrogens (primary N) is 1. The number of thiophene rings is 1. The van der Waals surface area contributed by atoms with Gasteiger partial charge in [0.15, 0.2) is 15.6 Å². The van der Waals surface area contributed by atoms with Crippen LogP contribution in [-0.4, -0.2) is 26.2 Å². The summed E-state index contributed by atoms with van der Waals surface area (Å²) in [5, 5.41) is 0. The zero-order valence-electron chi connectivity index (χ0n) is 10.8. The van der Waals surface area contributed by atoms with Crippen LogP contribution in [0.5, 0.6) is 0 Å². The minimum absolute atomic E-state index is 0.0171. The first kappa shape index (κ1) is 15.5. The van der Waals surface area contributed by atoms with Crippen LogP contribution in [0.3, 0.4) is 0 Å². The summed E-state index contributed by atoms with van der Waals surface area (Å²) in [5.41, 5.74) is 5.99. The van der Waals surface area contributed by atoms with Crippen molar-refractivity contribution in [1.29, 1.82) is 0 Å². The van der Waals surface area contributed by atoms with E-state index in [1.807, 2.05) is 0 Å². The summed E-state index contributed by atoms with van der Waals surface area (Å²) in [7, 11) is -3.40. The molecule has 0 aliphatic carbocycles. The Hall–Kier alpha value is -0.530. The van der Waals surface area contributed by atoms with Gasteiger partial charge in [0.25, 0.3) is 0 Å². The van der Waals surface area contributed by atoms with Crippen molar-refractivity contribution < 1.29 is 13.2 Å². The number of carbonyl (C=O) groups is 1. The van der Waals surface area contributed by atoms with Crippen LogP contribution in [0.2, 0.25) is 0 Å². The van der Waals surface area contributed by atoms with Gasteiger partial charge in [-0.1, -0.05) is 20.8 Å². The van der Waals surface area contributed by atoms with E-state index < -0.39 is 9.84 Å². The molecule has 0 atom stereocenters. The highest BCUT2D eigenvalue weighted by Gasteiger charge is 2.28. The maximum atomic E-state index is 12.0. The second kappa shape index (κ2) is 5.63. The number of anilines is 1. The van der Waals surface area contributed by atoms with Gasteiger partial charge in [-0.05, 0) is 6.26 Å². The molecule has 0 spiro atoms. The van der Waals surface area contributed by atoms with Crippen LogP contribution in [0.15, 0.2) is 9.10 Å². The Morgan fingerprint density at radius 1 is 1.44 bits per heavy atom. The quantitative estimate of drug-likeness (QED) is 0.668. The Labute approximate surface area is 116 Å². The molecule has 1 heterocycles. The lowest BCUT2D eigenvalue weighted by Gasteiger charge is -2.04. The van der Waals surface area contributed by atoms with E-state index in [-0.39, 0.29) is 28.0 Å². The van der Waals surface area contributed by atoms with Gasteiger partial charge in [0.05, 0.1) is 20.5 Å². The average molecular weight is 307 g/mol. The molecule has 0 saturated carbocycles. The first-order valence-corrected chi connectivity index (χ1v) is 9.18. The summed E-state index contributed by atoms with van der Waals surface area (Å²) in [6, 6.07) is 0. The minimum Gasteiger partial charge on any atom is -0.396 e. The topological polar surface area (TPSA) is 77.2 Å². The molecule has 18 heavy (non-hydrogen) atoms. The van der Waals surface area contributed by atoms with Crippen molar-refractivity contribution in [2.75, 3.05) is 17.7 Å². The molecule has 0 aliphatic rings. The number of hydrogen-bond acceptors (Lipinski definition) is 6. The zero-order chi connectivity index (χ0) is 14.1. The predicted molar refractivity (Wildman–Crippen MR) is 77.4 cm³/mol. The molecule has 0 radical (unpaired) electrons. The van der Waals surface area contributed by atoms with Crippen LogP contribution >= 0.6 is 23.1 Å². The molecule has 0 fully saturated rings. The molecule has 0 aromatic carbocycles. The second-order valence-corrected chi connectivity index (χ2v) is 8.40. The highest BCUT2D eigenvalue weighted by Crippen LogP contribution is 2.41. The van der Waals surface area contributed by atoms with Gasteiger partial charge in [-0.15, -0.1) is 23.1 Å². The van der Waals surface area contributed by atoms with Gasteiger partial charge in [0.2, 0.25) is 0 Å². The van der Waals surface area contributed by atoms with E-state index in [1.54, 1.807) is 27.0 Å². The van der Waals surface area contributed by atoms with Crippen LogP contribution < -0.4 is 5.73 Å². The lowest BCUT2D eigenvalue weighted by Crippen LogP contribution is -2.10. The Morgan fingerprint density at radius 3 is 2.39 bits per heavy atom. The third-order valence-corrected chi connectivity index (χ3v) is 6.90. The molecule has 0 amide bonds. The van der Waals surface area contributed by atoms with E-state index in [2.05, 4.69) is 0 Å². The van der Waals surface area contributed by atoms with Crippen LogP contribution in [0, 0.1) is 5.92 Å². The van der Waals surface area contributed by atoms with Crippen molar-refractivity contribution in [3.05, 3.63) is 4.88 Å². The summed E-state index contributed by atoms with van der Waals surface area (Å²) < 4.78 is 24.6. The first-order chi connectivity index (χ1) is 8.26. The number of rotatable bonds is 5. The number of hydrogen-bond donors (Lipinski definition) is 1. The van der Waals surface area contributed by atoms with Crippen molar-refractivity contribution in [3.63, 3.8) is 0 Å². The van der Waals surface area contributed by atoms with Gasteiger partial charge < -0.3 is 5.73 Å². The van der Waals surface area contributed by atoms with Crippen molar-refractivity contribution >= 4 is 44.4 Å². The molecular formula is C11H17NO3S3. The normalized spacial score (nSPS) is 12.1. The van der Waals surface area contributed by atoms with E-state index in [0.717, 1.165) is 0 Å². The number of nitrogen functional groups attached to an aromatic ring is 1. The fraction of sp³-hybridized carbons (Fsp3) is 0.545. The third kappa shape index (κ3) is 2.73. The first-order valence-electron chi connectivity index (χ1n) is 5.49. The fourth-order valence-electron chi connectivity index (χ4n) is 1.43. The summed E-state index contributed by atoms with van der Waals surface area (Å²) in [4.78, 5) is 12.5. The van der Waals surface area contributed by atoms with Crippen LogP contribution in [0.1, 0.15) is 30.4 Å². The Morgan fingerprint density at radius 2 is 2.00 bits per heavy atom. The van der Waals surface area contributed by atoms with Crippen LogP contribution in [0.25, 0.3) is 0 Å². The summed E-state index contributed by atoms with van der Waals surface area (Å²) in [6.07, 6.45) is 1.78. The third-order valence-electron chi connectivity index (χ3n) is 2.49. The van der Waals surface area contributed by atoms with Gasteiger partial charge in [-0.2, -0.15) is 0 Å². The number of carbonyl (C=O) groups excluding carboxylic acids is 1. The monoisotopic (exact) mass is 307 g/mol. The molecular weight excluding hydrogens is 290 g/mol. The zero-order valence-corrected chi connectivity index (χ0v) is 13.3. The number of thioether (sulfide) groups is 1. The fourth-order valence-corrected chi connectivity index (χ4v) is 5.42. The van der Waals surface area contributed by atoms with Crippen molar-refractivity contribution in [2.45, 2.75) is 29.9 Å². The van der Waals surface area contributed by atoms with E-state index in [0.29, 0.717) is 9.09 Å². The molecule has 0 saturated heterocycles. The number of sulfone groups is 1. The molecule has 102 valence electrons. The summed E-state index contributed by atoms with van der Waals surface area (Å²) in [6.45, 7) is 5.11. The standard InChI is InChI=1S/C11H17NO3S3/c1-5-18(14,15)10-7(12)9(8(13)6(2)3)17-11(10)16-4/h6H,5,12H2,1-4H3. The van der Waals surface area contributed by atoms with Gasteiger partial charge >= 0.3 is 0 Å². The SMILES string of the molecule is CCS(=O)(=O)c1c(SC)sc(C(=O)C(C)C)c1N. The minimum atomic E-state index is -3.40. The molecule has 0 unspecified atom stereocenters. The smallest absolute Gasteiger partial charge is 0.182 e. The molecule has 1 rings (SSSR count). The molecule has 4 nitrogen and oxygen atoms in total. The van der Waals surface area contributed by atoms with Gasteiger partial charge in [0.1, 0.15) is 4.90 Å². The lowest BCUT2D eigenvalue weighted by molar-refractivity contribution is 0.0944. The second-order valence-electron chi connectivity index (χ2n) is 4.09. The average Bonchev–Trinajstić information content (AvgIpc) is 2.65. The lowest BCUT2D eigenvalue weighted by atomic mass is 10.1. The van der Waals surface area contributed by atoms with E-state index >= 15 is 0 Å². The molecule has 7 heteroatoms. The molecule has 2 N–H and O–H groups in total. The number of Topliss-reactive ketones (excluding diaryl/α,β-unsaturated/α-hetero) is 1. The van der Waals surface area contributed by atoms with E-state index in [9.17, 15) is 13.2 Å². The molecule has 1 aromatic heterocycles. The highest BCUT2D eigenvalue weighted by molar-refractivity contribution is 8.01. The largest absolute Gasteiger partial charge is 0.396 e. The summed E-state index contributed by atoms with van der Waals surface area (Å²) >= 11 is 2.48. The molecule has 0 bridgehead atoms. The van der Waals surface area contributed by atoms with Crippen molar-refractivity contribution in [3.8, 4) is 0 Å².